The molecule has 178 valence electrons. The first kappa shape index (κ1) is 33.2. The third-order valence-corrected chi connectivity index (χ3v) is 4.91. The first-order valence-electron chi connectivity index (χ1n) is 10.8. The van der Waals surface area contributed by atoms with Crippen molar-refractivity contribution in [1.29, 1.82) is 0 Å². The molecule has 2 aromatic carbocycles. The molecule has 0 aromatic heterocycles. The van der Waals surface area contributed by atoms with Crippen molar-refractivity contribution in [3.63, 3.8) is 0 Å². The van der Waals surface area contributed by atoms with Crippen LogP contribution in [0.2, 0.25) is 0 Å². The molecule has 0 spiro atoms. The minimum absolute atomic E-state index is 0. The molecule has 5 heteroatoms. The van der Waals surface area contributed by atoms with Crippen LogP contribution in [0.15, 0.2) is 37.4 Å². The number of nitrogens with zero attached hydrogens (tertiary/aromatic N) is 2. The zero-order chi connectivity index (χ0) is 25.2. The van der Waals surface area contributed by atoms with Crippen LogP contribution in [0.4, 0.5) is 0 Å². The molecule has 0 bridgehead atoms. The van der Waals surface area contributed by atoms with Crippen LogP contribution in [0.3, 0.4) is 0 Å². The monoisotopic (exact) mass is 502 g/mol. The zero-order valence-corrected chi connectivity index (χ0v) is 25.5. The minimum Gasteiger partial charge on any atom is -0.872 e. The van der Waals surface area contributed by atoms with E-state index in [1.807, 2.05) is 65.8 Å². The topological polar surface area (TPSA) is 52.6 Å². The van der Waals surface area contributed by atoms with Crippen LogP contribution >= 0.6 is 0 Å². The van der Waals surface area contributed by atoms with E-state index in [1.54, 1.807) is 0 Å². The predicted molar refractivity (Wildman–Crippen MR) is 136 cm³/mol. The van der Waals surface area contributed by atoms with Gasteiger partial charge >= 0.3 is 19.5 Å². The second-order valence-corrected chi connectivity index (χ2v) is 9.00. The number of benzene rings is 2. The molecule has 33 heavy (non-hydrogen) atoms. The van der Waals surface area contributed by atoms with Gasteiger partial charge in [-0.15, -0.1) is 24.7 Å². The second kappa shape index (κ2) is 15.8. The third kappa shape index (κ3) is 12.8. The van der Waals surface area contributed by atoms with Gasteiger partial charge in [0.2, 0.25) is 0 Å². The summed E-state index contributed by atoms with van der Waals surface area (Å²) in [6, 6.07) is 8.02. The summed E-state index contributed by atoms with van der Waals surface area (Å²) >= 11 is 0. The quantitative estimate of drug-likeness (QED) is 0.457. The van der Waals surface area contributed by atoms with E-state index in [-0.39, 0.29) is 31.0 Å². The molecule has 0 fully saturated rings. The molecule has 2 aromatic rings. The average molecular weight is 504 g/mol. The van der Waals surface area contributed by atoms with Gasteiger partial charge in [-0.05, 0) is 103 Å². The van der Waals surface area contributed by atoms with E-state index >= 15 is 0 Å². The largest absolute Gasteiger partial charge is 2.00 e. The molecule has 2 rings (SSSR count). The van der Waals surface area contributed by atoms with Crippen molar-refractivity contribution < 1.29 is 29.7 Å². The smallest absolute Gasteiger partial charge is 0.872 e. The van der Waals surface area contributed by atoms with E-state index in [4.69, 9.17) is 0 Å². The second-order valence-electron chi connectivity index (χ2n) is 9.00. The molecular formula is C28H42N2O2Zn. The van der Waals surface area contributed by atoms with Gasteiger partial charge in [0.25, 0.3) is 0 Å². The van der Waals surface area contributed by atoms with Crippen molar-refractivity contribution in [3.8, 4) is 0 Å². The summed E-state index contributed by atoms with van der Waals surface area (Å²) in [7, 11) is 8.35. The van der Waals surface area contributed by atoms with Crippen molar-refractivity contribution in [3.05, 3.63) is 81.9 Å². The summed E-state index contributed by atoms with van der Waals surface area (Å²) in [5.41, 5.74) is 7.99. The summed E-state index contributed by atoms with van der Waals surface area (Å²) < 4.78 is 0. The Balaban J connectivity index is 0. The molecule has 0 unspecified atom stereocenters. The Morgan fingerprint density at radius 3 is 0.970 bits per heavy atom. The van der Waals surface area contributed by atoms with E-state index in [9.17, 15) is 10.2 Å². The molecule has 0 aliphatic rings. The van der Waals surface area contributed by atoms with Gasteiger partial charge in [-0.3, -0.25) is 0 Å². The Labute approximate surface area is 215 Å². The Morgan fingerprint density at radius 2 is 0.818 bits per heavy atom. The molecule has 0 aliphatic heterocycles. The molecule has 4 nitrogen and oxygen atoms in total. The number of rotatable bonds is 5. The molecule has 0 saturated carbocycles. The van der Waals surface area contributed by atoms with E-state index in [0.717, 1.165) is 46.5 Å². The predicted octanol–water partition coefficient (Wildman–Crippen LogP) is 3.99. The van der Waals surface area contributed by atoms with Crippen molar-refractivity contribution in [2.45, 2.75) is 41.5 Å². The van der Waals surface area contributed by atoms with Gasteiger partial charge in [0.1, 0.15) is 0 Å². The average Bonchev–Trinajstić information content (AvgIpc) is 2.58. The molecule has 0 heterocycles. The summed E-state index contributed by atoms with van der Waals surface area (Å²) in [5, 5.41) is 22.2. The fourth-order valence-electron chi connectivity index (χ4n) is 3.64. The number of hydrogen-bond donors (Lipinski definition) is 0. The number of likely N-dealkylation sites (N-methyl/N-ethyl adjacent to an activating group) is 2. The Hall–Kier alpha value is -1.94. The molecular weight excluding hydrogens is 462 g/mol. The van der Waals surface area contributed by atoms with Gasteiger partial charge < -0.3 is 20.0 Å². The van der Waals surface area contributed by atoms with Gasteiger partial charge in [0.05, 0.1) is 0 Å². The summed E-state index contributed by atoms with van der Waals surface area (Å²) in [6.45, 7) is 21.0. The molecule has 0 N–H and O–H groups in total. The van der Waals surface area contributed by atoms with Crippen molar-refractivity contribution in [2.75, 3.05) is 41.3 Å². The Bertz CT molecular complexity index is 797. The summed E-state index contributed by atoms with van der Waals surface area (Å²) in [4.78, 5) is 4.36. The van der Waals surface area contributed by atoms with E-state index in [1.165, 1.54) is 11.1 Å². The normalized spacial score (nSPS) is 9.94. The fraction of sp³-hybridized carbons (Fsp3) is 0.429. The van der Waals surface area contributed by atoms with Crippen LogP contribution in [0, 0.1) is 41.5 Å². The molecule has 0 atom stereocenters. The van der Waals surface area contributed by atoms with Crippen LogP contribution in [0.25, 0.3) is 11.5 Å². The maximum atomic E-state index is 11.1. The summed E-state index contributed by atoms with van der Waals surface area (Å²) in [6.07, 6.45) is 0. The standard InChI is InChI=1S/2C11H14O.C6H16N2.Zn/c2*1-7-5-8(2)11(10(4)12)9(3)6-7;1-7(2)5-6-8(3)4;/h2*5-6,12H,4H2,1-3H3;5-6H2,1-4H3;/q;;;+2/p-2. The SMILES string of the molecule is C=C([O-])c1c(C)cc(C)cc1C.C=C([O-])c1c(C)cc(C)cc1C.CN(C)CCN(C)C.[Zn+2]. The van der Waals surface area contributed by atoms with Gasteiger partial charge in [0.15, 0.2) is 0 Å². The van der Waals surface area contributed by atoms with E-state index in [0.29, 0.717) is 0 Å². The number of aryl methyl sites for hydroxylation is 6. The first-order chi connectivity index (χ1) is 14.7. The van der Waals surface area contributed by atoms with Crippen LogP contribution in [-0.2, 0) is 19.5 Å². The Morgan fingerprint density at radius 1 is 0.606 bits per heavy atom. The van der Waals surface area contributed by atoms with Crippen LogP contribution in [0.5, 0.6) is 0 Å². The van der Waals surface area contributed by atoms with Crippen molar-refractivity contribution in [1.82, 2.24) is 9.80 Å². The van der Waals surface area contributed by atoms with Gasteiger partial charge in [-0.2, -0.15) is 0 Å². The van der Waals surface area contributed by atoms with Crippen molar-refractivity contribution >= 4 is 11.5 Å². The van der Waals surface area contributed by atoms with E-state index in [2.05, 4.69) is 51.1 Å². The van der Waals surface area contributed by atoms with Gasteiger partial charge in [-0.1, -0.05) is 35.4 Å². The van der Waals surface area contributed by atoms with Gasteiger partial charge in [-0.25, -0.2) is 0 Å². The maximum absolute atomic E-state index is 11.1. The van der Waals surface area contributed by atoms with Crippen LogP contribution in [-0.4, -0.2) is 51.1 Å². The molecule has 0 aliphatic carbocycles. The van der Waals surface area contributed by atoms with Gasteiger partial charge in [0, 0.05) is 13.1 Å². The van der Waals surface area contributed by atoms with Crippen molar-refractivity contribution in [2.24, 2.45) is 0 Å². The number of hydrogen-bond acceptors (Lipinski definition) is 4. The first-order valence-corrected chi connectivity index (χ1v) is 10.8. The zero-order valence-electron chi connectivity index (χ0n) is 22.6. The third-order valence-electron chi connectivity index (χ3n) is 4.91. The fourth-order valence-corrected chi connectivity index (χ4v) is 3.64. The molecule has 0 saturated heterocycles. The maximum Gasteiger partial charge on any atom is 2.00 e. The minimum atomic E-state index is -0.0926. The van der Waals surface area contributed by atoms with Crippen LogP contribution in [0.1, 0.15) is 44.5 Å². The molecule has 0 radical (unpaired) electrons. The Kier molecular flexibility index (Phi) is 15.9. The van der Waals surface area contributed by atoms with Crippen LogP contribution < -0.4 is 10.2 Å². The molecule has 0 amide bonds. The van der Waals surface area contributed by atoms with E-state index < -0.39 is 0 Å². The summed E-state index contributed by atoms with van der Waals surface area (Å²) in [5.74, 6) is -0.185.